The van der Waals surface area contributed by atoms with E-state index in [0.717, 1.165) is 17.5 Å². The summed E-state index contributed by atoms with van der Waals surface area (Å²) in [4.78, 5) is 12.4. The molecular formula is C19H15BrClF3N6O3S. The molecule has 180 valence electrons. The molecule has 1 amide bonds. The number of anilines is 2. The average Bonchev–Trinajstić information content (AvgIpc) is 3.52. The van der Waals surface area contributed by atoms with Crippen LogP contribution in [0.2, 0.25) is 5.15 Å². The van der Waals surface area contributed by atoms with Gasteiger partial charge in [0.1, 0.15) is 6.54 Å². The molecule has 0 aliphatic heterocycles. The third-order valence-electron chi connectivity index (χ3n) is 4.78. The maximum atomic E-state index is 13.2. The van der Waals surface area contributed by atoms with E-state index in [1.165, 1.54) is 36.4 Å². The Morgan fingerprint density at radius 3 is 2.38 bits per heavy atom. The van der Waals surface area contributed by atoms with Gasteiger partial charge in [0, 0.05) is 11.6 Å². The largest absolute Gasteiger partial charge is 0.436 e. The number of halogens is 5. The number of amides is 1. The Hall–Kier alpha value is -2.71. The van der Waals surface area contributed by atoms with E-state index in [2.05, 4.69) is 41.3 Å². The molecule has 4 rings (SSSR count). The van der Waals surface area contributed by atoms with Gasteiger partial charge < -0.3 is 5.32 Å². The summed E-state index contributed by atoms with van der Waals surface area (Å²) in [7, 11) is -3.98. The van der Waals surface area contributed by atoms with Crippen LogP contribution in [0.25, 0.3) is 0 Å². The first-order valence-corrected chi connectivity index (χ1v) is 12.3. The van der Waals surface area contributed by atoms with Crippen molar-refractivity contribution in [1.82, 2.24) is 20.0 Å². The lowest BCUT2D eigenvalue weighted by Crippen LogP contribution is -2.21. The van der Waals surface area contributed by atoms with E-state index in [0.29, 0.717) is 5.69 Å². The number of sulfonamides is 1. The van der Waals surface area contributed by atoms with Gasteiger partial charge in [-0.1, -0.05) is 11.6 Å². The summed E-state index contributed by atoms with van der Waals surface area (Å²) < 4.78 is 67.8. The van der Waals surface area contributed by atoms with Crippen molar-refractivity contribution in [3.8, 4) is 0 Å². The van der Waals surface area contributed by atoms with E-state index in [9.17, 15) is 26.4 Å². The van der Waals surface area contributed by atoms with Crippen LogP contribution in [0, 0.1) is 0 Å². The summed E-state index contributed by atoms with van der Waals surface area (Å²) in [5.41, 5.74) is -0.486. The molecule has 1 fully saturated rings. The number of benzene rings is 1. The number of carbonyl (C=O) groups excluding carboxylic acids is 1. The van der Waals surface area contributed by atoms with Gasteiger partial charge in [-0.2, -0.15) is 18.3 Å². The smallest absolute Gasteiger partial charge is 0.324 e. The van der Waals surface area contributed by atoms with Crippen LogP contribution < -0.4 is 10.0 Å². The zero-order chi connectivity index (χ0) is 24.7. The van der Waals surface area contributed by atoms with Gasteiger partial charge in [0.25, 0.3) is 10.0 Å². The van der Waals surface area contributed by atoms with E-state index in [4.69, 9.17) is 11.6 Å². The van der Waals surface area contributed by atoms with Crippen LogP contribution in [0.4, 0.5) is 24.7 Å². The first-order valence-electron chi connectivity index (χ1n) is 9.69. The molecule has 0 saturated heterocycles. The highest BCUT2D eigenvalue weighted by Crippen LogP contribution is 2.46. The SMILES string of the molecule is O=C(Cn1nc(C(F)(F)F)c(Br)c1C1CC1)Nc1ccc(S(=O)(=O)Nc2ccc(Cl)nn2)cc1. The van der Waals surface area contributed by atoms with Gasteiger partial charge in [-0.05, 0) is 65.2 Å². The Kier molecular flexibility index (Phi) is 6.57. The number of rotatable bonds is 7. The van der Waals surface area contributed by atoms with Crippen molar-refractivity contribution in [3.05, 3.63) is 57.4 Å². The number of hydrogen-bond donors (Lipinski definition) is 2. The van der Waals surface area contributed by atoms with Crippen molar-refractivity contribution in [3.63, 3.8) is 0 Å². The fourth-order valence-electron chi connectivity index (χ4n) is 3.12. The first-order chi connectivity index (χ1) is 15.9. The zero-order valence-corrected chi connectivity index (χ0v) is 20.1. The van der Waals surface area contributed by atoms with E-state index in [-0.39, 0.29) is 31.9 Å². The van der Waals surface area contributed by atoms with E-state index >= 15 is 0 Å². The topological polar surface area (TPSA) is 119 Å². The molecule has 15 heteroatoms. The molecule has 0 unspecified atom stereocenters. The molecule has 2 aromatic heterocycles. The van der Waals surface area contributed by atoms with Crippen molar-refractivity contribution in [2.24, 2.45) is 0 Å². The number of carbonyl (C=O) groups is 1. The van der Waals surface area contributed by atoms with Crippen LogP contribution >= 0.6 is 27.5 Å². The normalized spacial score (nSPS) is 14.1. The summed E-state index contributed by atoms with van der Waals surface area (Å²) in [6, 6.07) is 7.92. The average molecular weight is 580 g/mol. The highest BCUT2D eigenvalue weighted by molar-refractivity contribution is 9.10. The maximum Gasteiger partial charge on any atom is 0.436 e. The van der Waals surface area contributed by atoms with E-state index < -0.39 is 34.3 Å². The number of aromatic nitrogens is 4. The minimum atomic E-state index is -4.66. The van der Waals surface area contributed by atoms with Crippen molar-refractivity contribution in [2.45, 2.75) is 36.4 Å². The highest BCUT2D eigenvalue weighted by Gasteiger charge is 2.42. The lowest BCUT2D eigenvalue weighted by Gasteiger charge is -2.10. The Bertz CT molecular complexity index is 1330. The van der Waals surface area contributed by atoms with Crippen molar-refractivity contribution < 1.29 is 26.4 Å². The maximum absolute atomic E-state index is 13.2. The van der Waals surface area contributed by atoms with E-state index in [1.807, 2.05) is 0 Å². The summed E-state index contributed by atoms with van der Waals surface area (Å²) in [5.74, 6) is -0.735. The standard InChI is InChI=1S/C19H15BrClF3N6O3S/c20-16-17(10-1-2-10)30(28-18(16)19(22,23)24)9-15(31)25-11-3-5-12(6-4-11)34(32,33)29-14-8-7-13(21)26-27-14/h3-8,10H,1-2,9H2,(H,25,31)(H,27,29). The summed E-state index contributed by atoms with van der Waals surface area (Å²) >= 11 is 8.60. The van der Waals surface area contributed by atoms with Crippen molar-refractivity contribution >= 4 is 55.0 Å². The molecule has 2 heterocycles. The second-order valence-corrected chi connectivity index (χ2v) is 10.3. The molecule has 2 N–H and O–H groups in total. The lowest BCUT2D eigenvalue weighted by atomic mass is 10.2. The quantitative estimate of drug-likeness (QED) is 0.428. The second kappa shape index (κ2) is 9.15. The van der Waals surface area contributed by atoms with Gasteiger partial charge >= 0.3 is 6.18 Å². The van der Waals surface area contributed by atoms with Gasteiger partial charge in [-0.25, -0.2) is 8.42 Å². The Morgan fingerprint density at radius 2 is 1.82 bits per heavy atom. The van der Waals surface area contributed by atoms with Gasteiger partial charge in [0.05, 0.1) is 15.1 Å². The summed E-state index contributed by atoms with van der Waals surface area (Å²) in [6.07, 6.45) is -3.22. The Morgan fingerprint density at radius 1 is 1.15 bits per heavy atom. The van der Waals surface area contributed by atoms with Crippen LogP contribution in [-0.2, 0) is 27.5 Å². The Balaban J connectivity index is 1.45. The number of nitrogens with zero attached hydrogens (tertiary/aromatic N) is 4. The van der Waals surface area contributed by atoms with Crippen LogP contribution in [-0.4, -0.2) is 34.3 Å². The van der Waals surface area contributed by atoms with Crippen LogP contribution in [0.5, 0.6) is 0 Å². The fraction of sp³-hybridized carbons (Fsp3) is 0.263. The first kappa shape index (κ1) is 24.4. The molecule has 0 bridgehead atoms. The Labute approximate surface area is 204 Å². The molecule has 0 spiro atoms. The molecule has 0 atom stereocenters. The van der Waals surface area contributed by atoms with Gasteiger partial charge in [-0.3, -0.25) is 14.2 Å². The second-order valence-electron chi connectivity index (χ2n) is 7.40. The van der Waals surface area contributed by atoms with Crippen LogP contribution in [0.3, 0.4) is 0 Å². The predicted molar refractivity (Wildman–Crippen MR) is 120 cm³/mol. The van der Waals surface area contributed by atoms with Crippen molar-refractivity contribution in [1.29, 1.82) is 0 Å². The monoisotopic (exact) mass is 578 g/mol. The van der Waals surface area contributed by atoms with Crippen LogP contribution in [0.15, 0.2) is 45.8 Å². The molecule has 0 radical (unpaired) electrons. The highest BCUT2D eigenvalue weighted by atomic mass is 79.9. The van der Waals surface area contributed by atoms with Crippen molar-refractivity contribution in [2.75, 3.05) is 10.0 Å². The minimum absolute atomic E-state index is 0.0307. The molecule has 1 aliphatic carbocycles. The fourth-order valence-corrected chi connectivity index (χ4v) is 5.05. The third kappa shape index (κ3) is 5.50. The molecular weight excluding hydrogens is 565 g/mol. The summed E-state index contributed by atoms with van der Waals surface area (Å²) in [5, 5.41) is 13.4. The van der Waals surface area contributed by atoms with Gasteiger partial charge in [0.2, 0.25) is 5.91 Å². The predicted octanol–water partition coefficient (Wildman–Crippen LogP) is 4.42. The van der Waals surface area contributed by atoms with Gasteiger partial charge in [-0.15, -0.1) is 10.2 Å². The molecule has 1 aromatic carbocycles. The number of alkyl halides is 3. The molecule has 9 nitrogen and oxygen atoms in total. The summed E-state index contributed by atoms with van der Waals surface area (Å²) in [6.45, 7) is -0.433. The van der Waals surface area contributed by atoms with Crippen LogP contribution in [0.1, 0.15) is 30.1 Å². The minimum Gasteiger partial charge on any atom is -0.324 e. The molecule has 1 aliphatic rings. The molecule has 3 aromatic rings. The lowest BCUT2D eigenvalue weighted by molar-refractivity contribution is -0.142. The third-order valence-corrected chi connectivity index (χ3v) is 7.13. The number of nitrogens with one attached hydrogen (secondary N) is 2. The molecule has 1 saturated carbocycles. The number of hydrogen-bond acceptors (Lipinski definition) is 6. The van der Waals surface area contributed by atoms with Gasteiger partial charge in [0.15, 0.2) is 16.7 Å². The zero-order valence-electron chi connectivity index (χ0n) is 17.0. The molecule has 34 heavy (non-hydrogen) atoms. The van der Waals surface area contributed by atoms with E-state index in [1.54, 1.807) is 0 Å².